The van der Waals surface area contributed by atoms with Crippen LogP contribution in [-0.4, -0.2) is 32.1 Å². The largest absolute Gasteiger partial charge is 0.399 e. The van der Waals surface area contributed by atoms with Gasteiger partial charge in [-0.05, 0) is 18.2 Å². The van der Waals surface area contributed by atoms with E-state index >= 15 is 0 Å². The van der Waals surface area contributed by atoms with Gasteiger partial charge in [-0.15, -0.1) is 0 Å². The third kappa shape index (κ3) is 3.85. The van der Waals surface area contributed by atoms with Crippen molar-refractivity contribution in [1.29, 1.82) is 0 Å². The topological polar surface area (TPSA) is 122 Å². The summed E-state index contributed by atoms with van der Waals surface area (Å²) in [6, 6.07) is 4.36. The molecular formula is C11H17N5O2. The molecule has 0 aromatic heterocycles. The number of benzene rings is 1. The van der Waals surface area contributed by atoms with E-state index in [-0.39, 0.29) is 5.91 Å². The van der Waals surface area contributed by atoms with Crippen LogP contribution in [0.15, 0.2) is 18.2 Å². The van der Waals surface area contributed by atoms with Crippen LogP contribution in [0.2, 0.25) is 0 Å². The highest BCUT2D eigenvalue weighted by Gasteiger charge is 2.09. The van der Waals surface area contributed by atoms with Gasteiger partial charge in [-0.25, -0.2) is 4.79 Å². The Kier molecular flexibility index (Phi) is 4.79. The second-order valence-electron chi connectivity index (χ2n) is 3.60. The van der Waals surface area contributed by atoms with E-state index in [0.717, 1.165) is 0 Å². The zero-order chi connectivity index (χ0) is 13.5. The number of amides is 3. The van der Waals surface area contributed by atoms with E-state index < -0.39 is 6.03 Å². The van der Waals surface area contributed by atoms with Crippen molar-refractivity contribution in [2.45, 2.75) is 0 Å². The van der Waals surface area contributed by atoms with Crippen LogP contribution in [0.3, 0.4) is 0 Å². The summed E-state index contributed by atoms with van der Waals surface area (Å²) >= 11 is 0. The number of rotatable bonds is 5. The molecule has 0 aliphatic heterocycles. The van der Waals surface area contributed by atoms with Crippen LogP contribution in [0.1, 0.15) is 10.4 Å². The molecular weight excluding hydrogens is 234 g/mol. The first-order chi connectivity index (χ1) is 8.54. The molecule has 0 unspecified atom stereocenters. The number of anilines is 2. The Balaban J connectivity index is 2.70. The highest BCUT2D eigenvalue weighted by atomic mass is 16.2. The quantitative estimate of drug-likeness (QED) is 0.364. The van der Waals surface area contributed by atoms with E-state index in [9.17, 15) is 9.59 Å². The average molecular weight is 251 g/mol. The van der Waals surface area contributed by atoms with Crippen molar-refractivity contribution in [2.24, 2.45) is 5.73 Å². The maximum absolute atomic E-state index is 11.6. The molecule has 0 bridgehead atoms. The Morgan fingerprint density at radius 3 is 2.61 bits per heavy atom. The Labute approximate surface area is 105 Å². The lowest BCUT2D eigenvalue weighted by Gasteiger charge is -2.12. The zero-order valence-electron chi connectivity index (χ0n) is 10.1. The van der Waals surface area contributed by atoms with Gasteiger partial charge in [0.05, 0.1) is 5.56 Å². The molecule has 0 saturated carbocycles. The van der Waals surface area contributed by atoms with Gasteiger partial charge in [0.1, 0.15) is 0 Å². The van der Waals surface area contributed by atoms with Crippen molar-refractivity contribution >= 4 is 23.3 Å². The van der Waals surface area contributed by atoms with E-state index in [1.54, 1.807) is 25.2 Å². The Hall–Kier alpha value is -2.44. The van der Waals surface area contributed by atoms with Gasteiger partial charge < -0.3 is 27.4 Å². The predicted molar refractivity (Wildman–Crippen MR) is 70.3 cm³/mol. The molecule has 0 fully saturated rings. The van der Waals surface area contributed by atoms with E-state index in [1.165, 1.54) is 0 Å². The van der Waals surface area contributed by atoms with Gasteiger partial charge in [-0.2, -0.15) is 0 Å². The number of carbonyl (C=O) groups excluding carboxylic acids is 2. The van der Waals surface area contributed by atoms with Crippen LogP contribution in [0, 0.1) is 0 Å². The van der Waals surface area contributed by atoms with Crippen LogP contribution in [0.5, 0.6) is 0 Å². The van der Waals surface area contributed by atoms with Gasteiger partial charge in [0, 0.05) is 31.5 Å². The average Bonchev–Trinajstić information content (AvgIpc) is 2.33. The minimum atomic E-state index is -0.587. The Morgan fingerprint density at radius 2 is 2.00 bits per heavy atom. The number of nitrogens with two attached hydrogens (primary N) is 2. The molecule has 0 aliphatic rings. The van der Waals surface area contributed by atoms with Crippen molar-refractivity contribution < 1.29 is 9.59 Å². The molecule has 7 N–H and O–H groups in total. The second kappa shape index (κ2) is 6.33. The number of nitrogens with one attached hydrogen (secondary N) is 3. The van der Waals surface area contributed by atoms with Crippen LogP contribution < -0.4 is 27.4 Å². The fourth-order valence-corrected chi connectivity index (χ4v) is 1.42. The Bertz CT molecular complexity index is 447. The molecule has 7 heteroatoms. The monoisotopic (exact) mass is 251 g/mol. The highest BCUT2D eigenvalue weighted by Crippen LogP contribution is 2.18. The molecule has 98 valence electrons. The molecule has 0 heterocycles. The van der Waals surface area contributed by atoms with E-state index in [2.05, 4.69) is 16.0 Å². The van der Waals surface area contributed by atoms with E-state index in [4.69, 9.17) is 11.5 Å². The molecule has 1 aromatic rings. The lowest BCUT2D eigenvalue weighted by molar-refractivity contribution is 0.0964. The summed E-state index contributed by atoms with van der Waals surface area (Å²) in [5, 5.41) is 7.99. The molecule has 18 heavy (non-hydrogen) atoms. The van der Waals surface area contributed by atoms with Crippen LogP contribution in [-0.2, 0) is 0 Å². The normalized spacial score (nSPS) is 9.61. The van der Waals surface area contributed by atoms with Gasteiger partial charge in [0.25, 0.3) is 5.91 Å². The first kappa shape index (κ1) is 13.6. The third-order valence-corrected chi connectivity index (χ3v) is 2.25. The maximum Gasteiger partial charge on any atom is 0.312 e. The molecule has 0 saturated heterocycles. The van der Waals surface area contributed by atoms with Gasteiger partial charge in [-0.1, -0.05) is 0 Å². The molecule has 1 rings (SSSR count). The summed E-state index contributed by atoms with van der Waals surface area (Å²) < 4.78 is 0. The first-order valence-corrected chi connectivity index (χ1v) is 5.43. The first-order valence-electron chi connectivity index (χ1n) is 5.43. The fraction of sp³-hybridized carbons (Fsp3) is 0.273. The molecule has 0 radical (unpaired) electrons. The van der Waals surface area contributed by atoms with E-state index in [0.29, 0.717) is 30.0 Å². The SMILES string of the molecule is CNC(=O)c1ccc(N)cc1NCCNC(N)=O. The number of urea groups is 1. The van der Waals surface area contributed by atoms with Gasteiger partial charge >= 0.3 is 6.03 Å². The molecule has 7 nitrogen and oxygen atoms in total. The van der Waals surface area contributed by atoms with Crippen molar-refractivity contribution in [3.05, 3.63) is 23.8 Å². The van der Waals surface area contributed by atoms with Crippen molar-refractivity contribution in [1.82, 2.24) is 10.6 Å². The number of nitrogen functional groups attached to an aromatic ring is 1. The molecule has 0 atom stereocenters. The lowest BCUT2D eigenvalue weighted by Crippen LogP contribution is -2.33. The summed E-state index contributed by atoms with van der Waals surface area (Å²) in [6.45, 7) is 0.799. The minimum absolute atomic E-state index is 0.208. The van der Waals surface area contributed by atoms with Crippen LogP contribution >= 0.6 is 0 Å². The van der Waals surface area contributed by atoms with Crippen molar-refractivity contribution in [2.75, 3.05) is 31.2 Å². The zero-order valence-corrected chi connectivity index (χ0v) is 10.1. The predicted octanol–water partition coefficient (Wildman–Crippen LogP) is -0.291. The van der Waals surface area contributed by atoms with Gasteiger partial charge in [0.2, 0.25) is 0 Å². The molecule has 0 aliphatic carbocycles. The smallest absolute Gasteiger partial charge is 0.312 e. The van der Waals surface area contributed by atoms with Crippen molar-refractivity contribution in [3.63, 3.8) is 0 Å². The molecule has 0 spiro atoms. The number of primary amides is 1. The summed E-state index contributed by atoms with van der Waals surface area (Å²) in [6.07, 6.45) is 0. The number of carbonyl (C=O) groups is 2. The highest BCUT2D eigenvalue weighted by molar-refractivity contribution is 6.00. The lowest BCUT2D eigenvalue weighted by atomic mass is 10.1. The molecule has 1 aromatic carbocycles. The van der Waals surface area contributed by atoms with Crippen LogP contribution in [0.4, 0.5) is 16.2 Å². The number of hydrogen-bond acceptors (Lipinski definition) is 4. The fourth-order valence-electron chi connectivity index (χ4n) is 1.42. The van der Waals surface area contributed by atoms with Gasteiger partial charge in [-0.3, -0.25) is 4.79 Å². The summed E-state index contributed by atoms with van der Waals surface area (Å²) in [5.41, 5.74) is 12.2. The van der Waals surface area contributed by atoms with Crippen molar-refractivity contribution in [3.8, 4) is 0 Å². The maximum atomic E-state index is 11.6. The molecule has 3 amide bonds. The van der Waals surface area contributed by atoms with Crippen LogP contribution in [0.25, 0.3) is 0 Å². The Morgan fingerprint density at radius 1 is 1.28 bits per heavy atom. The summed E-state index contributed by atoms with van der Waals surface area (Å²) in [7, 11) is 1.55. The minimum Gasteiger partial charge on any atom is -0.399 e. The summed E-state index contributed by atoms with van der Waals surface area (Å²) in [4.78, 5) is 22.1. The number of hydrogen-bond donors (Lipinski definition) is 5. The van der Waals surface area contributed by atoms with Gasteiger partial charge in [0.15, 0.2) is 0 Å². The second-order valence-corrected chi connectivity index (χ2v) is 3.60. The van der Waals surface area contributed by atoms with E-state index in [1.807, 2.05) is 0 Å². The third-order valence-electron chi connectivity index (χ3n) is 2.25. The summed E-state index contributed by atoms with van der Waals surface area (Å²) in [5.74, 6) is -0.208. The standard InChI is InChI=1S/C11H17N5O2/c1-14-10(17)8-3-2-7(12)6-9(8)15-4-5-16-11(13)18/h2-3,6,15H,4-5,12H2,1H3,(H,14,17)(H3,13,16,18).